The van der Waals surface area contributed by atoms with Gasteiger partial charge in [-0.1, -0.05) is 5.16 Å². The minimum absolute atomic E-state index is 0.109. The van der Waals surface area contributed by atoms with Gasteiger partial charge < -0.3 is 9.42 Å². The van der Waals surface area contributed by atoms with Gasteiger partial charge in [-0.3, -0.25) is 9.48 Å². The van der Waals surface area contributed by atoms with Crippen molar-refractivity contribution in [2.24, 2.45) is 7.05 Å². The maximum absolute atomic E-state index is 13.0. The Balaban J connectivity index is 1.43. The maximum atomic E-state index is 13.0. The molecule has 134 valence electrons. The van der Waals surface area contributed by atoms with Gasteiger partial charge in [-0.15, -0.1) is 0 Å². The lowest BCUT2D eigenvalue weighted by atomic mass is 10.1. The Hall–Kier alpha value is -2.18. The van der Waals surface area contributed by atoms with Crippen LogP contribution in [0.4, 0.5) is 0 Å². The highest BCUT2D eigenvalue weighted by Crippen LogP contribution is 2.39. The first kappa shape index (κ1) is 16.3. The van der Waals surface area contributed by atoms with Gasteiger partial charge in [0.15, 0.2) is 5.82 Å². The zero-order chi connectivity index (χ0) is 17.6. The standard InChI is InChI=1S/C18H25N5O2/c1-11-16(12(2)22(3)20-11)18(24)23-10-4-5-14(23)8-9-15-19-17(25-21-15)13-6-7-13/h13-14H,4-10H2,1-3H3. The number of hydrogen-bond donors (Lipinski definition) is 0. The first-order chi connectivity index (χ1) is 12.0. The van der Waals surface area contributed by atoms with Gasteiger partial charge in [0.05, 0.1) is 11.3 Å². The topological polar surface area (TPSA) is 77.0 Å². The van der Waals surface area contributed by atoms with Crippen molar-refractivity contribution < 1.29 is 9.32 Å². The summed E-state index contributed by atoms with van der Waals surface area (Å²) in [7, 11) is 1.88. The van der Waals surface area contributed by atoms with Crippen molar-refractivity contribution in [1.82, 2.24) is 24.8 Å². The van der Waals surface area contributed by atoms with Crippen LogP contribution >= 0.6 is 0 Å². The number of aromatic nitrogens is 4. The third kappa shape index (κ3) is 3.07. The van der Waals surface area contributed by atoms with E-state index < -0.39 is 0 Å². The number of nitrogens with zero attached hydrogens (tertiary/aromatic N) is 5. The van der Waals surface area contributed by atoms with E-state index in [2.05, 4.69) is 15.2 Å². The SMILES string of the molecule is Cc1nn(C)c(C)c1C(=O)N1CCCC1CCc1noc(C2CC2)n1. The molecule has 2 fully saturated rings. The second-order valence-corrected chi connectivity index (χ2v) is 7.33. The summed E-state index contributed by atoms with van der Waals surface area (Å²) in [6, 6.07) is 0.245. The van der Waals surface area contributed by atoms with E-state index in [9.17, 15) is 4.79 Å². The minimum atomic E-state index is 0.109. The lowest BCUT2D eigenvalue weighted by Gasteiger charge is -2.24. The molecule has 0 aromatic carbocycles. The summed E-state index contributed by atoms with van der Waals surface area (Å²) >= 11 is 0. The molecule has 7 nitrogen and oxygen atoms in total. The molecule has 4 rings (SSSR count). The molecule has 2 aromatic rings. The van der Waals surface area contributed by atoms with Gasteiger partial charge in [0.2, 0.25) is 5.89 Å². The average molecular weight is 343 g/mol. The van der Waals surface area contributed by atoms with E-state index in [4.69, 9.17) is 4.52 Å². The fraction of sp³-hybridized carbons (Fsp3) is 0.667. The van der Waals surface area contributed by atoms with Crippen LogP contribution in [0.25, 0.3) is 0 Å². The maximum Gasteiger partial charge on any atom is 0.257 e. The van der Waals surface area contributed by atoms with Crippen LogP contribution in [0.5, 0.6) is 0 Å². The van der Waals surface area contributed by atoms with Gasteiger partial charge in [0.1, 0.15) is 0 Å². The van der Waals surface area contributed by atoms with E-state index in [1.807, 2.05) is 25.8 Å². The van der Waals surface area contributed by atoms with E-state index in [1.54, 1.807) is 4.68 Å². The van der Waals surface area contributed by atoms with Crippen LogP contribution in [0.2, 0.25) is 0 Å². The van der Waals surface area contributed by atoms with Gasteiger partial charge in [-0.25, -0.2) is 0 Å². The van der Waals surface area contributed by atoms with Crippen molar-refractivity contribution in [3.63, 3.8) is 0 Å². The van der Waals surface area contributed by atoms with E-state index in [1.165, 1.54) is 0 Å². The first-order valence-corrected chi connectivity index (χ1v) is 9.18. The Bertz CT molecular complexity index is 789. The molecule has 1 saturated heterocycles. The summed E-state index contributed by atoms with van der Waals surface area (Å²) in [5.41, 5.74) is 2.49. The molecule has 25 heavy (non-hydrogen) atoms. The normalized spacial score (nSPS) is 20.4. The van der Waals surface area contributed by atoms with Gasteiger partial charge >= 0.3 is 0 Å². The van der Waals surface area contributed by atoms with E-state index in [0.29, 0.717) is 5.92 Å². The lowest BCUT2D eigenvalue weighted by Crippen LogP contribution is -2.36. The second kappa shape index (κ2) is 6.28. The number of hydrogen-bond acceptors (Lipinski definition) is 5. The zero-order valence-electron chi connectivity index (χ0n) is 15.2. The number of likely N-dealkylation sites (tertiary alicyclic amines) is 1. The molecule has 0 N–H and O–H groups in total. The summed E-state index contributed by atoms with van der Waals surface area (Å²) in [6.07, 6.45) is 6.06. The number of carbonyl (C=O) groups is 1. The Kier molecular flexibility index (Phi) is 4.09. The Morgan fingerprint density at radius 1 is 1.28 bits per heavy atom. The van der Waals surface area contributed by atoms with Crippen LogP contribution in [0.15, 0.2) is 4.52 Å². The summed E-state index contributed by atoms with van der Waals surface area (Å²) in [6.45, 7) is 4.68. The van der Waals surface area contributed by atoms with Gasteiger partial charge in [0.25, 0.3) is 5.91 Å². The van der Waals surface area contributed by atoms with Crippen LogP contribution in [-0.2, 0) is 13.5 Å². The molecule has 2 aromatic heterocycles. The van der Waals surface area contributed by atoms with Gasteiger partial charge in [0, 0.05) is 37.7 Å². The Morgan fingerprint density at radius 2 is 2.08 bits per heavy atom. The highest BCUT2D eigenvalue weighted by atomic mass is 16.5. The molecule has 7 heteroatoms. The monoisotopic (exact) mass is 343 g/mol. The van der Waals surface area contributed by atoms with Crippen LogP contribution in [0.1, 0.15) is 71.5 Å². The summed E-state index contributed by atoms with van der Waals surface area (Å²) in [5.74, 6) is 2.16. The number of amides is 1. The van der Waals surface area contributed by atoms with Crippen molar-refractivity contribution in [2.75, 3.05) is 6.54 Å². The quantitative estimate of drug-likeness (QED) is 0.834. The highest BCUT2D eigenvalue weighted by molar-refractivity contribution is 5.96. The Morgan fingerprint density at radius 3 is 2.76 bits per heavy atom. The second-order valence-electron chi connectivity index (χ2n) is 7.33. The van der Waals surface area contributed by atoms with Crippen LogP contribution in [-0.4, -0.2) is 43.3 Å². The molecule has 3 heterocycles. The number of aryl methyl sites for hydroxylation is 3. The van der Waals surface area contributed by atoms with Crippen molar-refractivity contribution >= 4 is 5.91 Å². The lowest BCUT2D eigenvalue weighted by molar-refractivity contribution is 0.0728. The third-order valence-corrected chi connectivity index (χ3v) is 5.47. The highest BCUT2D eigenvalue weighted by Gasteiger charge is 2.33. The third-order valence-electron chi connectivity index (χ3n) is 5.47. The summed E-state index contributed by atoms with van der Waals surface area (Å²) < 4.78 is 7.11. The van der Waals surface area contributed by atoms with Crippen molar-refractivity contribution in [2.45, 2.75) is 64.3 Å². The zero-order valence-corrected chi connectivity index (χ0v) is 15.2. The first-order valence-electron chi connectivity index (χ1n) is 9.18. The fourth-order valence-electron chi connectivity index (χ4n) is 3.79. The van der Waals surface area contributed by atoms with Gasteiger partial charge in [-0.2, -0.15) is 10.1 Å². The summed E-state index contributed by atoms with van der Waals surface area (Å²) in [4.78, 5) is 19.6. The molecule has 1 atom stereocenters. The van der Waals surface area contributed by atoms with Crippen molar-refractivity contribution in [3.05, 3.63) is 28.7 Å². The predicted molar refractivity (Wildman–Crippen MR) is 91.3 cm³/mol. The van der Waals surface area contributed by atoms with Gasteiger partial charge in [-0.05, 0) is 46.0 Å². The molecular weight excluding hydrogens is 318 g/mol. The minimum Gasteiger partial charge on any atom is -0.339 e. The molecule has 0 spiro atoms. The van der Waals surface area contributed by atoms with Crippen LogP contribution in [0, 0.1) is 13.8 Å². The molecule has 0 radical (unpaired) electrons. The molecule has 1 saturated carbocycles. The number of carbonyl (C=O) groups excluding carboxylic acids is 1. The molecular formula is C18H25N5O2. The molecule has 1 amide bonds. The molecule has 0 bridgehead atoms. The fourth-order valence-corrected chi connectivity index (χ4v) is 3.79. The smallest absolute Gasteiger partial charge is 0.257 e. The van der Waals surface area contributed by atoms with E-state index >= 15 is 0 Å². The average Bonchev–Trinajstić information content (AvgIpc) is 3.04. The number of rotatable bonds is 5. The van der Waals surface area contributed by atoms with E-state index in [0.717, 1.165) is 73.7 Å². The van der Waals surface area contributed by atoms with Crippen LogP contribution in [0.3, 0.4) is 0 Å². The van der Waals surface area contributed by atoms with Crippen molar-refractivity contribution in [3.8, 4) is 0 Å². The van der Waals surface area contributed by atoms with Crippen molar-refractivity contribution in [1.29, 1.82) is 0 Å². The predicted octanol–water partition coefficient (Wildman–Crippen LogP) is 2.53. The molecule has 2 aliphatic rings. The molecule has 1 aliphatic heterocycles. The summed E-state index contributed by atoms with van der Waals surface area (Å²) in [5, 5.41) is 8.48. The van der Waals surface area contributed by atoms with Crippen LogP contribution < -0.4 is 0 Å². The Labute approximate surface area is 147 Å². The molecule has 1 aliphatic carbocycles. The van der Waals surface area contributed by atoms with E-state index in [-0.39, 0.29) is 11.9 Å². The largest absolute Gasteiger partial charge is 0.339 e. The molecule has 1 unspecified atom stereocenters.